The van der Waals surface area contributed by atoms with Crippen molar-refractivity contribution in [2.75, 3.05) is 19.8 Å². The summed E-state index contributed by atoms with van der Waals surface area (Å²) in [6.07, 6.45) is 1.68. The first-order valence-electron chi connectivity index (χ1n) is 12.2. The van der Waals surface area contributed by atoms with Crippen molar-refractivity contribution in [2.24, 2.45) is 5.41 Å². The number of carboxylic acids is 1. The van der Waals surface area contributed by atoms with Crippen LogP contribution >= 0.6 is 0 Å². The fourth-order valence-electron chi connectivity index (χ4n) is 5.58. The van der Waals surface area contributed by atoms with E-state index in [-0.39, 0.29) is 30.3 Å². The lowest BCUT2D eigenvalue weighted by molar-refractivity contribution is -0.142. The Bertz CT molecular complexity index is 1080. The molecule has 2 atom stereocenters. The molecule has 1 saturated heterocycles. The molecule has 0 bridgehead atoms. The zero-order chi connectivity index (χ0) is 24.4. The Morgan fingerprint density at radius 2 is 1.69 bits per heavy atom. The van der Waals surface area contributed by atoms with Gasteiger partial charge in [0.25, 0.3) is 5.91 Å². The van der Waals surface area contributed by atoms with Crippen molar-refractivity contribution in [3.63, 3.8) is 0 Å². The number of benzene rings is 2. The molecule has 8 heteroatoms. The molecule has 1 aliphatic heterocycles. The van der Waals surface area contributed by atoms with Gasteiger partial charge in [-0.25, -0.2) is 4.79 Å². The number of carbonyl (C=O) groups excluding carboxylic acids is 2. The van der Waals surface area contributed by atoms with Crippen molar-refractivity contribution in [3.8, 4) is 11.1 Å². The first kappa shape index (κ1) is 23.4. The van der Waals surface area contributed by atoms with Gasteiger partial charge in [-0.3, -0.25) is 9.59 Å². The smallest absolute Gasteiger partial charge is 0.407 e. The van der Waals surface area contributed by atoms with Crippen LogP contribution in [0.4, 0.5) is 4.79 Å². The number of amides is 2. The summed E-state index contributed by atoms with van der Waals surface area (Å²) >= 11 is 0. The van der Waals surface area contributed by atoms with E-state index in [1.807, 2.05) is 24.3 Å². The van der Waals surface area contributed by atoms with E-state index >= 15 is 0 Å². The molecule has 2 aromatic rings. The van der Waals surface area contributed by atoms with Gasteiger partial charge in [-0.1, -0.05) is 55.0 Å². The number of nitrogens with one attached hydrogen (secondary N) is 2. The average molecular weight is 479 g/mol. The zero-order valence-corrected chi connectivity index (χ0v) is 19.5. The fourth-order valence-corrected chi connectivity index (χ4v) is 5.58. The Morgan fingerprint density at radius 3 is 2.29 bits per heavy atom. The van der Waals surface area contributed by atoms with Crippen LogP contribution in [0.3, 0.4) is 0 Å². The minimum atomic E-state index is -0.856. The third-order valence-corrected chi connectivity index (χ3v) is 7.58. The Hall–Kier alpha value is -3.39. The maximum Gasteiger partial charge on any atom is 0.407 e. The molecule has 1 saturated carbocycles. The Balaban J connectivity index is 1.16. The number of carbonyl (C=O) groups is 3. The highest BCUT2D eigenvalue weighted by atomic mass is 16.6. The largest absolute Gasteiger partial charge is 0.481 e. The van der Waals surface area contributed by atoms with Crippen LogP contribution in [0.5, 0.6) is 0 Å². The number of ether oxygens (including phenoxy) is 2. The molecular weight excluding hydrogens is 448 g/mol. The van der Waals surface area contributed by atoms with Crippen LogP contribution in [0, 0.1) is 5.41 Å². The summed E-state index contributed by atoms with van der Waals surface area (Å²) in [4.78, 5) is 36.6. The van der Waals surface area contributed by atoms with E-state index in [1.54, 1.807) is 0 Å². The molecule has 1 heterocycles. The fraction of sp³-hybridized carbons (Fsp3) is 0.444. The third-order valence-electron chi connectivity index (χ3n) is 7.58. The normalized spacial score (nSPS) is 21.9. The minimum Gasteiger partial charge on any atom is -0.481 e. The predicted molar refractivity (Wildman–Crippen MR) is 128 cm³/mol. The average Bonchev–Trinajstić information content (AvgIpc) is 3.41. The molecule has 5 rings (SSSR count). The predicted octanol–water partition coefficient (Wildman–Crippen LogP) is 3.44. The van der Waals surface area contributed by atoms with Crippen LogP contribution in [0.2, 0.25) is 0 Å². The molecule has 0 aromatic heterocycles. The lowest BCUT2D eigenvalue weighted by atomic mass is 9.66. The molecule has 0 spiro atoms. The molecule has 35 heavy (non-hydrogen) atoms. The summed E-state index contributed by atoms with van der Waals surface area (Å²) in [5.41, 5.74) is 4.20. The highest BCUT2D eigenvalue weighted by molar-refractivity contribution is 5.83. The van der Waals surface area contributed by atoms with Gasteiger partial charge in [-0.05, 0) is 46.9 Å². The SMILES string of the molecule is O=C(O)CC1(CNC(=O)[C@@H]2OCC[C@@H]2NC(=O)OCC2c3ccccc3-c3ccccc32)CCC1. The highest BCUT2D eigenvalue weighted by Gasteiger charge is 2.41. The van der Waals surface area contributed by atoms with E-state index in [0.717, 1.165) is 41.5 Å². The highest BCUT2D eigenvalue weighted by Crippen LogP contribution is 2.45. The summed E-state index contributed by atoms with van der Waals surface area (Å²) in [6.45, 7) is 0.852. The molecule has 0 unspecified atom stereocenters. The molecule has 184 valence electrons. The maximum absolute atomic E-state index is 12.8. The lowest BCUT2D eigenvalue weighted by Gasteiger charge is -2.41. The van der Waals surface area contributed by atoms with Gasteiger partial charge < -0.3 is 25.2 Å². The summed E-state index contributed by atoms with van der Waals surface area (Å²) in [6, 6.07) is 15.8. The molecule has 3 aliphatic rings. The van der Waals surface area contributed by atoms with Crippen LogP contribution in [-0.4, -0.2) is 55.0 Å². The van der Waals surface area contributed by atoms with Crippen LogP contribution in [0.25, 0.3) is 11.1 Å². The summed E-state index contributed by atoms with van der Waals surface area (Å²) < 4.78 is 11.2. The molecule has 2 aliphatic carbocycles. The van der Waals surface area contributed by atoms with Crippen LogP contribution < -0.4 is 10.6 Å². The Labute approximate surface area is 204 Å². The minimum absolute atomic E-state index is 0.0417. The molecule has 3 N–H and O–H groups in total. The van der Waals surface area contributed by atoms with E-state index in [0.29, 0.717) is 19.6 Å². The third kappa shape index (κ3) is 4.75. The second-order valence-corrected chi connectivity index (χ2v) is 9.80. The van der Waals surface area contributed by atoms with Gasteiger partial charge >= 0.3 is 12.1 Å². The van der Waals surface area contributed by atoms with Crippen molar-refractivity contribution in [1.82, 2.24) is 10.6 Å². The number of alkyl carbamates (subject to hydrolysis) is 1. The van der Waals surface area contributed by atoms with Gasteiger partial charge in [0.2, 0.25) is 0 Å². The van der Waals surface area contributed by atoms with Gasteiger partial charge in [0.15, 0.2) is 6.10 Å². The number of carboxylic acid groups (broad SMARTS) is 1. The molecule has 2 amide bonds. The quantitative estimate of drug-likeness (QED) is 0.536. The summed E-state index contributed by atoms with van der Waals surface area (Å²) in [7, 11) is 0. The second-order valence-electron chi connectivity index (χ2n) is 9.80. The van der Waals surface area contributed by atoms with Crippen LogP contribution in [0.15, 0.2) is 48.5 Å². The summed E-state index contributed by atoms with van der Waals surface area (Å²) in [5.74, 6) is -1.23. The van der Waals surface area contributed by atoms with E-state index in [4.69, 9.17) is 9.47 Å². The first-order valence-corrected chi connectivity index (χ1v) is 12.2. The second kappa shape index (κ2) is 9.70. The van der Waals surface area contributed by atoms with Crippen LogP contribution in [-0.2, 0) is 19.1 Å². The molecule has 2 fully saturated rings. The number of hydrogen-bond acceptors (Lipinski definition) is 5. The topological polar surface area (TPSA) is 114 Å². The number of rotatable bonds is 8. The van der Waals surface area contributed by atoms with Gasteiger partial charge in [-0.2, -0.15) is 0 Å². The monoisotopic (exact) mass is 478 g/mol. The maximum atomic E-state index is 12.8. The van der Waals surface area contributed by atoms with Crippen molar-refractivity contribution in [1.29, 1.82) is 0 Å². The number of hydrogen-bond donors (Lipinski definition) is 3. The number of aliphatic carboxylic acids is 1. The number of fused-ring (bicyclic) bond motifs is 3. The van der Waals surface area contributed by atoms with Gasteiger partial charge in [0.1, 0.15) is 6.61 Å². The van der Waals surface area contributed by atoms with E-state index in [1.165, 1.54) is 0 Å². The van der Waals surface area contributed by atoms with Crippen molar-refractivity contribution in [3.05, 3.63) is 59.7 Å². The van der Waals surface area contributed by atoms with E-state index in [9.17, 15) is 19.5 Å². The van der Waals surface area contributed by atoms with Crippen molar-refractivity contribution >= 4 is 18.0 Å². The van der Waals surface area contributed by atoms with Crippen molar-refractivity contribution < 1.29 is 29.0 Å². The molecule has 8 nitrogen and oxygen atoms in total. The van der Waals surface area contributed by atoms with Gasteiger partial charge in [0.05, 0.1) is 12.5 Å². The van der Waals surface area contributed by atoms with Gasteiger partial charge in [0, 0.05) is 19.1 Å². The standard InChI is InChI=1S/C27H30N2O6/c30-23(31)14-27(11-5-12-27)16-28-25(32)24-22(10-13-34-24)29-26(33)35-15-21-19-8-3-1-6-17(19)18-7-2-4-9-20(18)21/h1-4,6-9,21-22,24H,5,10-16H2,(H,28,32)(H,29,33)(H,30,31)/t22-,24+/m0/s1. The van der Waals surface area contributed by atoms with E-state index < -0.39 is 24.2 Å². The molecule has 0 radical (unpaired) electrons. The Morgan fingerprint density at radius 1 is 1.03 bits per heavy atom. The van der Waals surface area contributed by atoms with Gasteiger partial charge in [-0.15, -0.1) is 0 Å². The summed E-state index contributed by atoms with van der Waals surface area (Å²) in [5, 5.41) is 14.8. The molecular formula is C27H30N2O6. The van der Waals surface area contributed by atoms with E-state index in [2.05, 4.69) is 34.9 Å². The van der Waals surface area contributed by atoms with Crippen molar-refractivity contribution in [2.45, 2.75) is 50.2 Å². The first-order chi connectivity index (χ1) is 17.0. The molecule has 2 aromatic carbocycles. The zero-order valence-electron chi connectivity index (χ0n) is 19.5. The Kier molecular flexibility index (Phi) is 6.47. The van der Waals surface area contributed by atoms with Crippen LogP contribution in [0.1, 0.15) is 49.1 Å². The lowest BCUT2D eigenvalue weighted by Crippen LogP contribution is -2.51.